The maximum absolute atomic E-state index is 13.0. The third kappa shape index (κ3) is 2.69. The summed E-state index contributed by atoms with van der Waals surface area (Å²) in [6.45, 7) is 8.00. The highest BCUT2D eigenvalue weighted by Crippen LogP contribution is 2.32. The van der Waals surface area contributed by atoms with Crippen LogP contribution in [0.5, 0.6) is 0 Å². The van der Waals surface area contributed by atoms with E-state index >= 15 is 0 Å². The van der Waals surface area contributed by atoms with Gasteiger partial charge in [0.05, 0.1) is 5.92 Å². The summed E-state index contributed by atoms with van der Waals surface area (Å²) < 4.78 is 5.61. The highest BCUT2D eigenvalue weighted by molar-refractivity contribution is 5.84. The molecule has 0 saturated carbocycles. The maximum atomic E-state index is 13.0. The molecule has 122 valence electrons. The summed E-state index contributed by atoms with van der Waals surface area (Å²) in [6, 6.07) is 2.96. The number of hydrogen-bond donors (Lipinski definition) is 0. The number of amides is 1. The first-order valence-electron chi connectivity index (χ1n) is 8.56. The van der Waals surface area contributed by atoms with Crippen molar-refractivity contribution in [3.05, 3.63) is 23.2 Å². The first-order valence-corrected chi connectivity index (χ1v) is 8.56. The molecule has 1 aromatic heterocycles. The van der Waals surface area contributed by atoms with Crippen LogP contribution in [0, 0.1) is 13.8 Å². The Kier molecular flexibility index (Phi) is 4.31. The molecule has 3 heterocycles. The molecule has 0 bridgehead atoms. The predicted octanol–water partition coefficient (Wildman–Crippen LogP) is 3.09. The van der Waals surface area contributed by atoms with Crippen molar-refractivity contribution >= 4 is 5.91 Å². The van der Waals surface area contributed by atoms with Crippen molar-refractivity contribution in [3.8, 4) is 0 Å². The van der Waals surface area contributed by atoms with Crippen LogP contribution < -0.4 is 0 Å². The molecule has 0 aliphatic carbocycles. The number of furan rings is 1. The molecule has 2 fully saturated rings. The van der Waals surface area contributed by atoms with Crippen LogP contribution in [0.3, 0.4) is 0 Å². The van der Waals surface area contributed by atoms with E-state index in [1.807, 2.05) is 26.8 Å². The molecule has 2 aliphatic rings. The Hall–Kier alpha value is -1.29. The highest BCUT2D eigenvalue weighted by atomic mass is 16.3. The second-order valence-electron chi connectivity index (χ2n) is 7.02. The average Bonchev–Trinajstić information content (AvgIpc) is 3.17. The van der Waals surface area contributed by atoms with Gasteiger partial charge in [0.15, 0.2) is 0 Å². The number of carbonyl (C=O) groups excluding carboxylic acids is 1. The third-order valence-electron chi connectivity index (χ3n) is 5.52. The van der Waals surface area contributed by atoms with Gasteiger partial charge >= 0.3 is 0 Å². The molecule has 0 spiro atoms. The van der Waals surface area contributed by atoms with E-state index < -0.39 is 0 Å². The average molecular weight is 304 g/mol. The third-order valence-corrected chi connectivity index (χ3v) is 5.52. The van der Waals surface area contributed by atoms with E-state index in [9.17, 15) is 4.79 Å². The first kappa shape index (κ1) is 15.6. The Bertz CT molecular complexity index is 551. The molecule has 4 heteroatoms. The van der Waals surface area contributed by atoms with Crippen LogP contribution in [0.15, 0.2) is 10.5 Å². The molecule has 0 unspecified atom stereocenters. The number of rotatable bonds is 3. The van der Waals surface area contributed by atoms with Gasteiger partial charge in [-0.05, 0) is 66.1 Å². The second-order valence-corrected chi connectivity index (χ2v) is 7.02. The fraction of sp³-hybridized carbons (Fsp3) is 0.722. The van der Waals surface area contributed by atoms with Crippen molar-refractivity contribution in [2.24, 2.45) is 0 Å². The zero-order valence-electron chi connectivity index (χ0n) is 14.3. The summed E-state index contributed by atoms with van der Waals surface area (Å²) in [5.41, 5.74) is 1.05. The van der Waals surface area contributed by atoms with Crippen molar-refractivity contribution in [1.82, 2.24) is 9.80 Å². The molecule has 3 rings (SSSR count). The number of aryl methyl sites for hydroxylation is 2. The summed E-state index contributed by atoms with van der Waals surface area (Å²) in [7, 11) is 2.20. The van der Waals surface area contributed by atoms with Gasteiger partial charge in [0.25, 0.3) is 0 Å². The quantitative estimate of drug-likeness (QED) is 0.861. The summed E-state index contributed by atoms with van der Waals surface area (Å²) in [6.07, 6.45) is 4.77. The Labute approximate surface area is 133 Å². The number of hydrogen-bond acceptors (Lipinski definition) is 3. The molecular weight excluding hydrogens is 276 g/mol. The maximum Gasteiger partial charge on any atom is 0.230 e. The fourth-order valence-corrected chi connectivity index (χ4v) is 4.35. The van der Waals surface area contributed by atoms with Gasteiger partial charge in [-0.25, -0.2) is 0 Å². The molecular formula is C18H28N2O2. The van der Waals surface area contributed by atoms with Gasteiger partial charge in [-0.15, -0.1) is 0 Å². The van der Waals surface area contributed by atoms with Crippen molar-refractivity contribution in [3.63, 3.8) is 0 Å². The monoisotopic (exact) mass is 304 g/mol. The molecule has 3 atom stereocenters. The van der Waals surface area contributed by atoms with Gasteiger partial charge < -0.3 is 14.2 Å². The molecule has 1 amide bonds. The van der Waals surface area contributed by atoms with Gasteiger partial charge in [0, 0.05) is 24.2 Å². The number of nitrogens with zero attached hydrogens (tertiary/aromatic N) is 2. The highest BCUT2D eigenvalue weighted by Gasteiger charge is 2.40. The standard InChI is InChI=1S/C18H28N2O2/c1-12-11-15(14(3)22-12)13(2)18(21)20-10-6-8-17(20)16-7-5-9-19(16)4/h11,13,16-17H,5-10H2,1-4H3/t13-,16-,17-/m0/s1. The van der Waals surface area contributed by atoms with Crippen LogP contribution in [0.4, 0.5) is 0 Å². The zero-order valence-corrected chi connectivity index (χ0v) is 14.3. The van der Waals surface area contributed by atoms with Crippen molar-refractivity contribution in [2.45, 2.75) is 64.5 Å². The normalized spacial score (nSPS) is 27.5. The Morgan fingerprint density at radius 2 is 1.91 bits per heavy atom. The molecule has 2 aliphatic heterocycles. The van der Waals surface area contributed by atoms with Crippen molar-refractivity contribution < 1.29 is 9.21 Å². The first-order chi connectivity index (χ1) is 10.5. The minimum Gasteiger partial charge on any atom is -0.466 e. The Balaban J connectivity index is 1.77. The molecule has 0 radical (unpaired) electrons. The van der Waals surface area contributed by atoms with Gasteiger partial charge in [0.1, 0.15) is 11.5 Å². The van der Waals surface area contributed by atoms with E-state index in [1.54, 1.807) is 0 Å². The lowest BCUT2D eigenvalue weighted by atomic mass is 9.97. The summed E-state index contributed by atoms with van der Waals surface area (Å²) in [5.74, 6) is 1.93. The van der Waals surface area contributed by atoms with Crippen LogP contribution in [-0.2, 0) is 4.79 Å². The van der Waals surface area contributed by atoms with Gasteiger partial charge in [-0.3, -0.25) is 4.79 Å². The Morgan fingerprint density at radius 1 is 1.23 bits per heavy atom. The molecule has 1 aromatic rings. The second kappa shape index (κ2) is 6.07. The van der Waals surface area contributed by atoms with Gasteiger partial charge in [-0.2, -0.15) is 0 Å². The number of likely N-dealkylation sites (N-methyl/N-ethyl adjacent to an activating group) is 1. The van der Waals surface area contributed by atoms with Crippen LogP contribution in [0.2, 0.25) is 0 Å². The van der Waals surface area contributed by atoms with E-state index in [4.69, 9.17) is 4.42 Å². The predicted molar refractivity (Wildman–Crippen MR) is 87.0 cm³/mol. The lowest BCUT2D eigenvalue weighted by molar-refractivity contribution is -0.134. The summed E-state index contributed by atoms with van der Waals surface area (Å²) in [5, 5.41) is 0. The van der Waals surface area contributed by atoms with Crippen LogP contribution in [0.25, 0.3) is 0 Å². The molecule has 0 N–H and O–H groups in total. The summed E-state index contributed by atoms with van der Waals surface area (Å²) in [4.78, 5) is 17.6. The topological polar surface area (TPSA) is 36.7 Å². The molecule has 4 nitrogen and oxygen atoms in total. The lowest BCUT2D eigenvalue weighted by Gasteiger charge is -2.34. The van der Waals surface area contributed by atoms with E-state index in [-0.39, 0.29) is 11.8 Å². The molecule has 0 aromatic carbocycles. The smallest absolute Gasteiger partial charge is 0.230 e. The van der Waals surface area contributed by atoms with E-state index in [2.05, 4.69) is 16.8 Å². The van der Waals surface area contributed by atoms with Crippen molar-refractivity contribution in [1.29, 1.82) is 0 Å². The van der Waals surface area contributed by atoms with E-state index in [0.717, 1.165) is 36.5 Å². The number of likely N-dealkylation sites (tertiary alicyclic amines) is 2. The van der Waals surface area contributed by atoms with Crippen molar-refractivity contribution in [2.75, 3.05) is 20.1 Å². The largest absolute Gasteiger partial charge is 0.466 e. The van der Waals surface area contributed by atoms with Crippen LogP contribution >= 0.6 is 0 Å². The lowest BCUT2D eigenvalue weighted by Crippen LogP contribution is -2.48. The molecule has 22 heavy (non-hydrogen) atoms. The van der Waals surface area contributed by atoms with E-state index in [1.165, 1.54) is 19.4 Å². The van der Waals surface area contributed by atoms with Crippen LogP contribution in [-0.4, -0.2) is 47.9 Å². The zero-order chi connectivity index (χ0) is 15.9. The minimum atomic E-state index is -0.107. The van der Waals surface area contributed by atoms with E-state index in [0.29, 0.717) is 12.1 Å². The van der Waals surface area contributed by atoms with Gasteiger partial charge in [0.2, 0.25) is 5.91 Å². The van der Waals surface area contributed by atoms with Crippen LogP contribution in [0.1, 0.15) is 55.6 Å². The molecule has 2 saturated heterocycles. The Morgan fingerprint density at radius 3 is 2.50 bits per heavy atom. The van der Waals surface area contributed by atoms with Gasteiger partial charge in [-0.1, -0.05) is 0 Å². The fourth-order valence-electron chi connectivity index (χ4n) is 4.35. The summed E-state index contributed by atoms with van der Waals surface area (Å²) >= 11 is 0. The SMILES string of the molecule is Cc1cc([C@H](C)C(=O)N2CCC[C@H]2[C@@H]2CCCN2C)c(C)o1. The number of carbonyl (C=O) groups is 1. The minimum absolute atomic E-state index is 0.107.